The van der Waals surface area contributed by atoms with Crippen LogP contribution in [0.4, 0.5) is 0 Å². The second kappa shape index (κ2) is 5.00. The van der Waals surface area contributed by atoms with Crippen LogP contribution in [-0.2, 0) is 0 Å². The molecule has 1 N–H and O–H groups in total. The Hall–Kier alpha value is 0.999. The Morgan fingerprint density at radius 2 is 2.40 bits per heavy atom. The molecule has 0 aromatic heterocycles. The number of rotatable bonds is 2. The Bertz CT molecular complexity index is 15.1. The van der Waals surface area contributed by atoms with Gasteiger partial charge in [0.15, 0.2) is 0 Å². The molecule has 0 rings (SSSR count). The first-order valence-electron chi connectivity index (χ1n) is 1.29. The van der Waals surface area contributed by atoms with Gasteiger partial charge in [0.2, 0.25) is 0 Å². The second-order valence-electron chi connectivity index (χ2n) is 0.557. The SMILES string of the molecule is OCC[Se][SeH]. The van der Waals surface area contributed by atoms with Crippen LogP contribution in [0.25, 0.3) is 0 Å². The van der Waals surface area contributed by atoms with Crippen molar-refractivity contribution < 1.29 is 5.11 Å². The molecule has 0 bridgehead atoms. The van der Waals surface area contributed by atoms with E-state index in [1.807, 2.05) is 0 Å². The van der Waals surface area contributed by atoms with Gasteiger partial charge < -0.3 is 0 Å². The van der Waals surface area contributed by atoms with Crippen LogP contribution in [0.3, 0.4) is 0 Å². The summed E-state index contributed by atoms with van der Waals surface area (Å²) in [6.07, 6.45) is 0. The van der Waals surface area contributed by atoms with Gasteiger partial charge in [0.05, 0.1) is 0 Å². The predicted octanol–water partition coefficient (Wildman–Crippen LogP) is -1.08. The van der Waals surface area contributed by atoms with E-state index in [-0.39, 0.29) is 0 Å². The molecule has 0 aromatic rings. The topological polar surface area (TPSA) is 20.2 Å². The summed E-state index contributed by atoms with van der Waals surface area (Å²) in [7, 11) is 0. The minimum absolute atomic E-state index is 0.356. The molecule has 0 spiro atoms. The zero-order valence-electron chi connectivity index (χ0n) is 2.72. The molecule has 0 heterocycles. The normalized spacial score (nSPS) is 8.40. The summed E-state index contributed by atoms with van der Waals surface area (Å²) in [5.74, 6) is 0. The van der Waals surface area contributed by atoms with Gasteiger partial charge in [-0.05, 0) is 0 Å². The fraction of sp³-hybridized carbons (Fsp3) is 1.00. The van der Waals surface area contributed by atoms with E-state index in [9.17, 15) is 0 Å². The average Bonchev–Trinajstić information content (AvgIpc) is 1.41. The monoisotopic (exact) mass is 206 g/mol. The summed E-state index contributed by atoms with van der Waals surface area (Å²) in [6, 6.07) is 0. The van der Waals surface area contributed by atoms with Gasteiger partial charge in [-0.3, -0.25) is 0 Å². The average molecular weight is 204 g/mol. The molecule has 0 saturated carbocycles. The number of aliphatic hydroxyl groups excluding tert-OH is 1. The van der Waals surface area contributed by atoms with Gasteiger partial charge in [-0.15, -0.1) is 0 Å². The summed E-state index contributed by atoms with van der Waals surface area (Å²) in [5.41, 5.74) is 0. The molecular formula is C2H6OSe2. The predicted molar refractivity (Wildman–Crippen MR) is 24.8 cm³/mol. The van der Waals surface area contributed by atoms with E-state index in [4.69, 9.17) is 5.11 Å². The standard InChI is InChI=1S/C2H6OSe2/c3-1-2-5-4/h3-4H,1-2H2. The zero-order valence-corrected chi connectivity index (χ0v) is 6.31. The third-order valence-electron chi connectivity index (χ3n) is 0.183. The van der Waals surface area contributed by atoms with Gasteiger partial charge in [0, 0.05) is 0 Å². The Kier molecular flexibility index (Phi) is 6.00. The van der Waals surface area contributed by atoms with Crippen LogP contribution in [-0.4, -0.2) is 39.0 Å². The van der Waals surface area contributed by atoms with E-state index in [1.54, 1.807) is 0 Å². The molecule has 0 amide bonds. The van der Waals surface area contributed by atoms with Crippen LogP contribution >= 0.6 is 0 Å². The molecule has 1 nitrogen and oxygen atoms in total. The van der Waals surface area contributed by atoms with Crippen molar-refractivity contribution >= 4 is 27.3 Å². The molecule has 3 heteroatoms. The summed E-state index contributed by atoms with van der Waals surface area (Å²) in [5, 5.41) is 9.05. The Labute approximate surface area is 44.7 Å². The van der Waals surface area contributed by atoms with Crippen LogP contribution in [0.1, 0.15) is 0 Å². The summed E-state index contributed by atoms with van der Waals surface area (Å²) in [4.78, 5) is 0. The molecule has 0 atom stereocenters. The van der Waals surface area contributed by atoms with Gasteiger partial charge in [-0.2, -0.15) is 0 Å². The quantitative estimate of drug-likeness (QED) is 0.567. The maximum atomic E-state index is 8.07. The van der Waals surface area contributed by atoms with Crippen molar-refractivity contribution in [3.05, 3.63) is 0 Å². The van der Waals surface area contributed by atoms with Crippen molar-refractivity contribution in [3.63, 3.8) is 0 Å². The first-order valence-corrected chi connectivity index (χ1v) is 7.25. The van der Waals surface area contributed by atoms with Gasteiger partial charge in [0.25, 0.3) is 0 Å². The Morgan fingerprint density at radius 3 is 2.40 bits per heavy atom. The van der Waals surface area contributed by atoms with E-state index < -0.39 is 0 Å². The van der Waals surface area contributed by atoms with Crippen LogP contribution in [0, 0.1) is 0 Å². The zero-order chi connectivity index (χ0) is 4.12. The molecule has 0 aliphatic heterocycles. The van der Waals surface area contributed by atoms with E-state index in [0.717, 1.165) is 5.32 Å². The molecule has 0 unspecified atom stereocenters. The summed E-state index contributed by atoms with van der Waals surface area (Å²) >= 11 is 3.09. The molecular weight excluding hydrogens is 198 g/mol. The van der Waals surface area contributed by atoms with Gasteiger partial charge in [-0.1, -0.05) is 0 Å². The third kappa shape index (κ3) is 5.00. The van der Waals surface area contributed by atoms with Crippen molar-refractivity contribution in [2.45, 2.75) is 5.32 Å². The van der Waals surface area contributed by atoms with Crippen LogP contribution in [0.2, 0.25) is 5.32 Å². The van der Waals surface area contributed by atoms with Crippen LogP contribution in [0.5, 0.6) is 0 Å². The maximum absolute atomic E-state index is 8.07. The summed E-state index contributed by atoms with van der Waals surface area (Å²) in [6.45, 7) is 0.356. The molecule has 0 saturated heterocycles. The second-order valence-corrected chi connectivity index (χ2v) is 4.77. The number of hydrogen-bond acceptors (Lipinski definition) is 1. The molecule has 0 radical (unpaired) electrons. The van der Waals surface area contributed by atoms with Gasteiger partial charge in [-0.25, -0.2) is 0 Å². The van der Waals surface area contributed by atoms with Crippen molar-refractivity contribution in [2.24, 2.45) is 0 Å². The third-order valence-corrected chi connectivity index (χ3v) is 2.94. The Morgan fingerprint density at radius 1 is 1.80 bits per heavy atom. The first-order chi connectivity index (χ1) is 2.41. The molecule has 0 aromatic carbocycles. The molecule has 0 aliphatic carbocycles. The fourth-order valence-corrected chi connectivity index (χ4v) is 1.10. The molecule has 32 valence electrons. The van der Waals surface area contributed by atoms with Gasteiger partial charge >= 0.3 is 44.4 Å². The van der Waals surface area contributed by atoms with Gasteiger partial charge in [0.1, 0.15) is 0 Å². The minimum atomic E-state index is 0.356. The molecule has 5 heavy (non-hydrogen) atoms. The molecule has 0 fully saturated rings. The first kappa shape index (κ1) is 6.00. The van der Waals surface area contributed by atoms with Crippen molar-refractivity contribution in [1.82, 2.24) is 0 Å². The number of aliphatic hydroxyl groups is 1. The molecule has 0 aliphatic rings. The van der Waals surface area contributed by atoms with Crippen molar-refractivity contribution in [2.75, 3.05) is 6.61 Å². The Balaban J connectivity index is 2.19. The van der Waals surface area contributed by atoms with Crippen molar-refractivity contribution in [1.29, 1.82) is 0 Å². The van der Waals surface area contributed by atoms with Crippen LogP contribution in [0.15, 0.2) is 0 Å². The van der Waals surface area contributed by atoms with E-state index in [1.165, 1.54) is 0 Å². The van der Waals surface area contributed by atoms with Crippen molar-refractivity contribution in [3.8, 4) is 0 Å². The fourth-order valence-electron chi connectivity index (χ4n) is 0.0408. The van der Waals surface area contributed by atoms with E-state index in [2.05, 4.69) is 14.2 Å². The summed E-state index contributed by atoms with van der Waals surface area (Å²) < 4.78 is 0. The van der Waals surface area contributed by atoms with Crippen LogP contribution < -0.4 is 0 Å². The van der Waals surface area contributed by atoms with E-state index in [0.29, 0.717) is 19.7 Å². The number of hydrogen-bond donors (Lipinski definition) is 1. The van der Waals surface area contributed by atoms with E-state index >= 15 is 0 Å².